The molecule has 1 saturated heterocycles. The molecule has 0 saturated carbocycles. The van der Waals surface area contributed by atoms with E-state index in [1.807, 2.05) is 30.3 Å². The van der Waals surface area contributed by atoms with Crippen LogP contribution in [0.1, 0.15) is 30.9 Å². The summed E-state index contributed by atoms with van der Waals surface area (Å²) in [7, 11) is 0. The summed E-state index contributed by atoms with van der Waals surface area (Å²) in [5.74, 6) is -1.11. The molecule has 1 aromatic heterocycles. The Hall–Kier alpha value is -2.94. The van der Waals surface area contributed by atoms with Crippen LogP contribution >= 0.6 is 0 Å². The molecular formula is C19H20N4O2. The highest BCUT2D eigenvalue weighted by Crippen LogP contribution is 2.29. The molecule has 0 aliphatic carbocycles. The summed E-state index contributed by atoms with van der Waals surface area (Å²) in [6, 6.07) is 9.51. The molecule has 0 spiro atoms. The Morgan fingerprint density at radius 2 is 1.96 bits per heavy atom. The van der Waals surface area contributed by atoms with Crippen LogP contribution in [0.3, 0.4) is 0 Å². The lowest BCUT2D eigenvalue weighted by atomic mass is 10.0. The summed E-state index contributed by atoms with van der Waals surface area (Å²) in [5, 5.41) is 9.58. The molecule has 0 amide bonds. The van der Waals surface area contributed by atoms with Crippen molar-refractivity contribution < 1.29 is 9.53 Å². The smallest absolute Gasteiger partial charge is 0.330 e. The van der Waals surface area contributed by atoms with Gasteiger partial charge in [0.25, 0.3) is 0 Å². The zero-order valence-corrected chi connectivity index (χ0v) is 14.0. The standard InChI is InChI=1S/C19H20N4O2/c1-2-12-25-19(24)14(13-20)17-18(23-10-6-3-7-11-23)22-16-9-5-4-8-15(16)21-17/h2,4-5,8-9,14H,1,3,6-7,10-12H2/t14-/m0/s1. The third-order valence-corrected chi connectivity index (χ3v) is 4.22. The molecule has 3 rings (SSSR count). The lowest BCUT2D eigenvalue weighted by molar-refractivity contribution is -0.142. The molecule has 1 aromatic carbocycles. The predicted molar refractivity (Wildman–Crippen MR) is 95.1 cm³/mol. The van der Waals surface area contributed by atoms with Gasteiger partial charge in [-0.1, -0.05) is 24.8 Å². The van der Waals surface area contributed by atoms with E-state index in [1.165, 1.54) is 12.5 Å². The number of nitriles is 1. The van der Waals surface area contributed by atoms with Crippen molar-refractivity contribution in [2.75, 3.05) is 24.6 Å². The Morgan fingerprint density at radius 3 is 2.60 bits per heavy atom. The molecule has 25 heavy (non-hydrogen) atoms. The summed E-state index contributed by atoms with van der Waals surface area (Å²) >= 11 is 0. The number of benzene rings is 1. The molecular weight excluding hydrogens is 316 g/mol. The first kappa shape index (κ1) is 16.9. The quantitative estimate of drug-likeness (QED) is 0.617. The number of ether oxygens (including phenoxy) is 1. The molecule has 2 heterocycles. The van der Waals surface area contributed by atoms with E-state index >= 15 is 0 Å². The highest BCUT2D eigenvalue weighted by Gasteiger charge is 2.30. The Kier molecular flexibility index (Phi) is 5.24. The lowest BCUT2D eigenvalue weighted by Crippen LogP contribution is -2.32. The Labute approximate surface area is 146 Å². The van der Waals surface area contributed by atoms with Gasteiger partial charge in [0.05, 0.1) is 17.1 Å². The van der Waals surface area contributed by atoms with Crippen LogP contribution in [-0.4, -0.2) is 35.6 Å². The summed E-state index contributed by atoms with van der Waals surface area (Å²) in [4.78, 5) is 23.8. The highest BCUT2D eigenvalue weighted by atomic mass is 16.5. The normalized spacial score (nSPS) is 15.4. The minimum absolute atomic E-state index is 0.0665. The Balaban J connectivity index is 2.08. The Bertz CT molecular complexity index is 822. The van der Waals surface area contributed by atoms with Crippen molar-refractivity contribution in [2.45, 2.75) is 25.2 Å². The van der Waals surface area contributed by atoms with Crippen molar-refractivity contribution in [2.24, 2.45) is 0 Å². The first-order valence-electron chi connectivity index (χ1n) is 8.43. The highest BCUT2D eigenvalue weighted by molar-refractivity contribution is 5.85. The van der Waals surface area contributed by atoms with Gasteiger partial charge in [-0.05, 0) is 31.4 Å². The van der Waals surface area contributed by atoms with Crippen molar-refractivity contribution in [3.8, 4) is 6.07 Å². The molecule has 0 N–H and O–H groups in total. The average molecular weight is 336 g/mol. The fraction of sp³-hybridized carbons (Fsp3) is 0.368. The monoisotopic (exact) mass is 336 g/mol. The molecule has 1 fully saturated rings. The Morgan fingerprint density at radius 1 is 1.28 bits per heavy atom. The molecule has 1 aliphatic rings. The fourth-order valence-corrected chi connectivity index (χ4v) is 2.99. The number of hydrogen-bond donors (Lipinski definition) is 0. The number of piperidine rings is 1. The molecule has 128 valence electrons. The average Bonchev–Trinajstić information content (AvgIpc) is 2.67. The molecule has 6 nitrogen and oxygen atoms in total. The number of hydrogen-bond acceptors (Lipinski definition) is 6. The van der Waals surface area contributed by atoms with Gasteiger partial charge < -0.3 is 9.64 Å². The molecule has 0 radical (unpaired) electrons. The van der Waals surface area contributed by atoms with Gasteiger partial charge in [-0.15, -0.1) is 0 Å². The third-order valence-electron chi connectivity index (χ3n) is 4.22. The second-order valence-electron chi connectivity index (χ2n) is 5.95. The maximum atomic E-state index is 12.3. The maximum absolute atomic E-state index is 12.3. The number of carbonyl (C=O) groups excluding carboxylic acids is 1. The van der Waals surface area contributed by atoms with Crippen molar-refractivity contribution in [3.05, 3.63) is 42.6 Å². The van der Waals surface area contributed by atoms with Crippen molar-refractivity contribution in [1.82, 2.24) is 9.97 Å². The number of carbonyl (C=O) groups is 1. The largest absolute Gasteiger partial charge is 0.460 e. The predicted octanol–water partition coefficient (Wildman–Crippen LogP) is 2.96. The van der Waals surface area contributed by atoms with Gasteiger partial charge in [0.2, 0.25) is 0 Å². The summed E-state index contributed by atoms with van der Waals surface area (Å²) in [5.41, 5.74) is 1.79. The minimum atomic E-state index is -1.10. The van der Waals surface area contributed by atoms with E-state index in [0.29, 0.717) is 17.0 Å². The molecule has 6 heteroatoms. The van der Waals surface area contributed by atoms with Gasteiger partial charge in [-0.3, -0.25) is 4.79 Å². The zero-order chi connectivity index (χ0) is 17.6. The molecule has 1 atom stereocenters. The fourth-order valence-electron chi connectivity index (χ4n) is 2.99. The topological polar surface area (TPSA) is 79.1 Å². The van der Waals surface area contributed by atoms with E-state index in [1.54, 1.807) is 0 Å². The van der Waals surface area contributed by atoms with E-state index in [4.69, 9.17) is 9.72 Å². The van der Waals surface area contributed by atoms with Gasteiger partial charge in [0.1, 0.15) is 12.3 Å². The van der Waals surface area contributed by atoms with E-state index < -0.39 is 11.9 Å². The number of aromatic nitrogens is 2. The molecule has 2 aromatic rings. The summed E-state index contributed by atoms with van der Waals surface area (Å²) in [6.07, 6.45) is 4.78. The SMILES string of the molecule is C=CCOC(=O)[C@@H](C#N)c1nc2ccccc2nc1N1CCCCC1. The molecule has 1 aliphatic heterocycles. The van der Waals surface area contributed by atoms with Crippen molar-refractivity contribution in [1.29, 1.82) is 5.26 Å². The summed E-state index contributed by atoms with van der Waals surface area (Å²) in [6.45, 7) is 5.29. The van der Waals surface area contributed by atoms with Crippen LogP contribution in [0.15, 0.2) is 36.9 Å². The lowest BCUT2D eigenvalue weighted by Gasteiger charge is -2.29. The van der Waals surface area contributed by atoms with E-state index in [0.717, 1.165) is 31.4 Å². The van der Waals surface area contributed by atoms with Crippen LogP contribution in [0.25, 0.3) is 11.0 Å². The maximum Gasteiger partial charge on any atom is 0.330 e. The van der Waals surface area contributed by atoms with E-state index in [9.17, 15) is 10.1 Å². The van der Waals surface area contributed by atoms with Gasteiger partial charge in [0, 0.05) is 13.1 Å². The third kappa shape index (κ3) is 3.61. The minimum Gasteiger partial charge on any atom is -0.460 e. The van der Waals surface area contributed by atoms with Crippen molar-refractivity contribution in [3.63, 3.8) is 0 Å². The zero-order valence-electron chi connectivity index (χ0n) is 14.0. The number of anilines is 1. The number of nitrogens with zero attached hydrogens (tertiary/aromatic N) is 4. The molecule has 0 bridgehead atoms. The summed E-state index contributed by atoms with van der Waals surface area (Å²) < 4.78 is 5.09. The van der Waals surface area contributed by atoms with Gasteiger partial charge in [-0.25, -0.2) is 9.97 Å². The van der Waals surface area contributed by atoms with Crippen LogP contribution in [0.2, 0.25) is 0 Å². The number of para-hydroxylation sites is 2. The van der Waals surface area contributed by atoms with E-state index in [2.05, 4.69) is 16.5 Å². The number of fused-ring (bicyclic) bond motifs is 1. The first-order chi connectivity index (χ1) is 12.2. The second-order valence-corrected chi connectivity index (χ2v) is 5.95. The van der Waals surface area contributed by atoms with E-state index in [-0.39, 0.29) is 6.61 Å². The number of esters is 1. The number of rotatable bonds is 5. The van der Waals surface area contributed by atoms with Crippen molar-refractivity contribution >= 4 is 22.8 Å². The second kappa shape index (κ2) is 7.75. The van der Waals surface area contributed by atoms with Crippen LogP contribution in [0.5, 0.6) is 0 Å². The van der Waals surface area contributed by atoms with Crippen LogP contribution < -0.4 is 4.90 Å². The van der Waals surface area contributed by atoms with Gasteiger partial charge >= 0.3 is 5.97 Å². The first-order valence-corrected chi connectivity index (χ1v) is 8.43. The van der Waals surface area contributed by atoms with Crippen LogP contribution in [-0.2, 0) is 9.53 Å². The van der Waals surface area contributed by atoms with Gasteiger partial charge in [0.15, 0.2) is 11.7 Å². The van der Waals surface area contributed by atoms with Crippen LogP contribution in [0, 0.1) is 11.3 Å². The van der Waals surface area contributed by atoms with Gasteiger partial charge in [-0.2, -0.15) is 5.26 Å². The van der Waals surface area contributed by atoms with Crippen LogP contribution in [0.4, 0.5) is 5.82 Å². The molecule has 0 unspecified atom stereocenters.